The van der Waals surface area contributed by atoms with E-state index >= 15 is 0 Å². The SMILES string of the molecule is CCOC(=O)[C@H]1[C@H](c2ccc(NS(=O)(=O)C3CC3)cc2)[C@H]1C1C=CC=CC1. The molecule has 3 aliphatic carbocycles. The largest absolute Gasteiger partial charge is 0.466 e. The second kappa shape index (κ2) is 7.15. The summed E-state index contributed by atoms with van der Waals surface area (Å²) in [5.41, 5.74) is 1.64. The van der Waals surface area contributed by atoms with E-state index in [4.69, 9.17) is 4.74 Å². The average Bonchev–Trinajstić information content (AvgIpc) is 3.56. The molecule has 4 rings (SSSR count). The normalized spacial score (nSPS) is 29.4. The number of rotatable bonds is 7. The lowest BCUT2D eigenvalue weighted by molar-refractivity contribution is -0.145. The van der Waals surface area contributed by atoms with E-state index in [0.717, 1.165) is 24.8 Å². The minimum absolute atomic E-state index is 0.124. The molecule has 0 saturated heterocycles. The molecule has 1 N–H and O–H groups in total. The summed E-state index contributed by atoms with van der Waals surface area (Å²) in [5.74, 6) is 0.440. The fourth-order valence-electron chi connectivity index (χ4n) is 4.12. The molecule has 1 unspecified atom stereocenters. The number of carbonyl (C=O) groups is 1. The van der Waals surface area contributed by atoms with Crippen molar-refractivity contribution in [2.24, 2.45) is 17.8 Å². The number of esters is 1. The molecule has 0 spiro atoms. The van der Waals surface area contributed by atoms with Gasteiger partial charge in [-0.3, -0.25) is 9.52 Å². The number of allylic oxidation sites excluding steroid dienone is 4. The Balaban J connectivity index is 1.50. The average molecular weight is 388 g/mol. The van der Waals surface area contributed by atoms with Crippen molar-refractivity contribution in [3.05, 3.63) is 54.1 Å². The Morgan fingerprint density at radius 2 is 1.93 bits per heavy atom. The minimum Gasteiger partial charge on any atom is -0.466 e. The molecule has 4 atom stereocenters. The number of nitrogens with one attached hydrogen (secondary N) is 1. The number of anilines is 1. The van der Waals surface area contributed by atoms with Gasteiger partial charge in [0.2, 0.25) is 10.0 Å². The molecular formula is C21H25NO4S. The monoisotopic (exact) mass is 387 g/mol. The Morgan fingerprint density at radius 3 is 2.52 bits per heavy atom. The summed E-state index contributed by atoms with van der Waals surface area (Å²) in [6.45, 7) is 2.21. The Labute approximate surface area is 160 Å². The third-order valence-electron chi connectivity index (χ3n) is 5.66. The van der Waals surface area contributed by atoms with Gasteiger partial charge < -0.3 is 4.74 Å². The van der Waals surface area contributed by atoms with Crippen molar-refractivity contribution >= 4 is 21.7 Å². The maximum Gasteiger partial charge on any atom is 0.309 e. The van der Waals surface area contributed by atoms with Crippen molar-refractivity contribution in [3.63, 3.8) is 0 Å². The maximum atomic E-state index is 12.4. The molecule has 144 valence electrons. The highest BCUT2D eigenvalue weighted by molar-refractivity contribution is 7.93. The topological polar surface area (TPSA) is 72.5 Å². The fraction of sp³-hybridized carbons (Fsp3) is 0.476. The highest BCUT2D eigenvalue weighted by atomic mass is 32.2. The smallest absolute Gasteiger partial charge is 0.309 e. The quantitative estimate of drug-likeness (QED) is 0.726. The molecule has 1 aromatic carbocycles. The van der Waals surface area contributed by atoms with Gasteiger partial charge in [-0.15, -0.1) is 0 Å². The van der Waals surface area contributed by atoms with E-state index < -0.39 is 10.0 Å². The Kier molecular flexibility index (Phi) is 4.84. The summed E-state index contributed by atoms with van der Waals surface area (Å²) in [5, 5.41) is -0.246. The molecular weight excluding hydrogens is 362 g/mol. The van der Waals surface area contributed by atoms with Crippen LogP contribution in [-0.4, -0.2) is 26.2 Å². The molecule has 3 aliphatic rings. The predicted molar refractivity (Wildman–Crippen MR) is 105 cm³/mol. The standard InChI is InChI=1S/C21H25NO4S/c1-2-26-21(23)20-18(14-6-4-3-5-7-14)19(20)15-8-10-16(11-9-15)22-27(24,25)17-12-13-17/h3-6,8-11,14,17-20,22H,2,7,12-13H2,1H3/t14?,18-,19-,20-/m1/s1. The van der Waals surface area contributed by atoms with Crippen LogP contribution < -0.4 is 4.72 Å². The molecule has 1 aromatic rings. The first kappa shape index (κ1) is 18.3. The molecule has 27 heavy (non-hydrogen) atoms. The van der Waals surface area contributed by atoms with Crippen LogP contribution in [0, 0.1) is 17.8 Å². The first-order chi connectivity index (χ1) is 13.0. The molecule has 0 amide bonds. The van der Waals surface area contributed by atoms with Crippen molar-refractivity contribution in [2.75, 3.05) is 11.3 Å². The van der Waals surface area contributed by atoms with E-state index in [1.165, 1.54) is 0 Å². The summed E-state index contributed by atoms with van der Waals surface area (Å²) in [6, 6.07) is 7.46. The van der Waals surface area contributed by atoms with Crippen LogP contribution in [0.1, 0.15) is 37.7 Å². The number of hydrogen-bond acceptors (Lipinski definition) is 4. The minimum atomic E-state index is -3.26. The van der Waals surface area contributed by atoms with Gasteiger partial charge in [0.25, 0.3) is 0 Å². The van der Waals surface area contributed by atoms with E-state index in [1.54, 1.807) is 12.1 Å². The van der Waals surface area contributed by atoms with Crippen LogP contribution in [0.5, 0.6) is 0 Å². The molecule has 2 fully saturated rings. The van der Waals surface area contributed by atoms with Crippen LogP contribution in [0.25, 0.3) is 0 Å². The lowest BCUT2D eigenvalue weighted by Crippen LogP contribution is -2.17. The number of benzene rings is 1. The van der Waals surface area contributed by atoms with Gasteiger partial charge in [-0.25, -0.2) is 8.42 Å². The zero-order chi connectivity index (χ0) is 19.0. The molecule has 0 radical (unpaired) electrons. The van der Waals surface area contributed by atoms with Crippen LogP contribution in [0.15, 0.2) is 48.6 Å². The summed E-state index contributed by atoms with van der Waals surface area (Å²) >= 11 is 0. The lowest BCUT2D eigenvalue weighted by atomic mass is 9.92. The number of carbonyl (C=O) groups excluding carboxylic acids is 1. The van der Waals surface area contributed by atoms with Crippen LogP contribution in [0.4, 0.5) is 5.69 Å². The van der Waals surface area contributed by atoms with Gasteiger partial charge in [0, 0.05) is 11.6 Å². The highest BCUT2D eigenvalue weighted by Gasteiger charge is 2.58. The van der Waals surface area contributed by atoms with E-state index in [1.807, 2.05) is 31.2 Å². The van der Waals surface area contributed by atoms with Gasteiger partial charge >= 0.3 is 5.97 Å². The van der Waals surface area contributed by atoms with E-state index in [9.17, 15) is 13.2 Å². The first-order valence-corrected chi connectivity index (χ1v) is 11.2. The molecule has 0 bridgehead atoms. The second-order valence-corrected chi connectivity index (χ2v) is 9.52. The van der Waals surface area contributed by atoms with Gasteiger partial charge in [-0.1, -0.05) is 36.4 Å². The van der Waals surface area contributed by atoms with E-state index in [2.05, 4.69) is 16.9 Å². The first-order valence-electron chi connectivity index (χ1n) is 9.63. The van der Waals surface area contributed by atoms with Crippen LogP contribution in [-0.2, 0) is 19.6 Å². The summed E-state index contributed by atoms with van der Waals surface area (Å²) in [4.78, 5) is 12.4. The van der Waals surface area contributed by atoms with Crippen molar-refractivity contribution in [2.45, 2.75) is 37.4 Å². The third kappa shape index (κ3) is 3.81. The summed E-state index contributed by atoms with van der Waals surface area (Å²) < 4.78 is 32.1. The number of ether oxygens (including phenoxy) is 1. The Morgan fingerprint density at radius 1 is 1.19 bits per heavy atom. The fourth-order valence-corrected chi connectivity index (χ4v) is 5.51. The van der Waals surface area contributed by atoms with Gasteiger partial charge in [-0.2, -0.15) is 0 Å². The summed E-state index contributed by atoms with van der Waals surface area (Å²) in [7, 11) is -3.26. The number of hydrogen-bond donors (Lipinski definition) is 1. The third-order valence-corrected chi connectivity index (χ3v) is 7.53. The number of sulfonamides is 1. The van der Waals surface area contributed by atoms with Crippen molar-refractivity contribution in [3.8, 4) is 0 Å². The van der Waals surface area contributed by atoms with Crippen LogP contribution >= 0.6 is 0 Å². The van der Waals surface area contributed by atoms with Crippen LogP contribution in [0.2, 0.25) is 0 Å². The predicted octanol–water partition coefficient (Wildman–Crippen LogP) is 3.62. The summed E-state index contributed by atoms with van der Waals surface area (Å²) in [6.07, 6.45) is 10.8. The molecule has 0 aliphatic heterocycles. The zero-order valence-corrected chi connectivity index (χ0v) is 16.2. The highest BCUT2D eigenvalue weighted by Crippen LogP contribution is 2.59. The van der Waals surface area contributed by atoms with Gasteiger partial charge in [0.1, 0.15) is 0 Å². The Bertz CT molecular complexity index is 868. The zero-order valence-electron chi connectivity index (χ0n) is 15.4. The van der Waals surface area contributed by atoms with E-state index in [0.29, 0.717) is 18.2 Å². The second-order valence-electron chi connectivity index (χ2n) is 7.56. The molecule has 2 saturated carbocycles. The lowest BCUT2D eigenvalue weighted by Gasteiger charge is -2.13. The van der Waals surface area contributed by atoms with Crippen molar-refractivity contribution in [1.29, 1.82) is 0 Å². The maximum absolute atomic E-state index is 12.4. The molecule has 0 heterocycles. The Hall–Kier alpha value is -2.08. The van der Waals surface area contributed by atoms with E-state index in [-0.39, 0.29) is 29.0 Å². The molecule has 0 aromatic heterocycles. The molecule has 6 heteroatoms. The van der Waals surface area contributed by atoms with Gasteiger partial charge in [-0.05, 0) is 55.7 Å². The van der Waals surface area contributed by atoms with Crippen molar-refractivity contribution in [1.82, 2.24) is 0 Å². The van der Waals surface area contributed by atoms with Crippen molar-refractivity contribution < 1.29 is 17.9 Å². The molecule has 5 nitrogen and oxygen atoms in total. The van der Waals surface area contributed by atoms with Gasteiger partial charge in [0.15, 0.2) is 0 Å². The van der Waals surface area contributed by atoms with Crippen LogP contribution in [0.3, 0.4) is 0 Å². The van der Waals surface area contributed by atoms with Gasteiger partial charge in [0.05, 0.1) is 17.8 Å².